The van der Waals surface area contributed by atoms with Crippen molar-refractivity contribution in [2.45, 2.75) is 116 Å². The van der Waals surface area contributed by atoms with E-state index in [2.05, 4.69) is 20.8 Å². The first-order chi connectivity index (χ1) is 16.6. The molecule has 2 saturated heterocycles. The number of hydrogen-bond acceptors (Lipinski definition) is 9. The Morgan fingerprint density at radius 2 is 1.60 bits per heavy atom. The molecule has 1 atom stereocenters. The van der Waals surface area contributed by atoms with Crippen LogP contribution in [0.2, 0.25) is 0 Å². The van der Waals surface area contributed by atoms with Gasteiger partial charge in [-0.25, -0.2) is 0 Å². The van der Waals surface area contributed by atoms with Crippen LogP contribution < -0.4 is 11.5 Å². The Labute approximate surface area is 212 Å². The normalized spacial score (nSPS) is 31.8. The largest absolute Gasteiger partial charge is 0.466 e. The number of carbonyl (C=O) groups excluding carboxylic acids is 1. The molecule has 2 rings (SSSR count). The van der Waals surface area contributed by atoms with Crippen LogP contribution in [-0.4, -0.2) is 73.9 Å². The molecule has 9 heteroatoms. The Morgan fingerprint density at radius 1 is 1.00 bits per heavy atom. The third kappa shape index (κ3) is 11.9. The lowest BCUT2D eigenvalue weighted by Crippen LogP contribution is -2.57. The van der Waals surface area contributed by atoms with Crippen molar-refractivity contribution < 1.29 is 33.6 Å². The van der Waals surface area contributed by atoms with E-state index in [-0.39, 0.29) is 18.9 Å². The van der Waals surface area contributed by atoms with Crippen molar-refractivity contribution in [3.05, 3.63) is 0 Å². The van der Waals surface area contributed by atoms with E-state index in [4.69, 9.17) is 40.3 Å². The van der Waals surface area contributed by atoms with Crippen molar-refractivity contribution in [1.29, 1.82) is 0 Å². The molecule has 2 fully saturated rings. The standard InChI is InChI=1S/C14H27NO4.C12H25NO3/c1-4-6-9-17-12(16)7-8-13(3)18-10-14(15,5-2)11-19-13;1-3-5-6-10(4-2)11-15-8-12(13,7-14)9-16-11/h4-11,15H2,1-3H3;10-11,14H,3-9,13H2,1-2H3. The van der Waals surface area contributed by atoms with Crippen molar-refractivity contribution in [3.8, 4) is 0 Å². The monoisotopic (exact) mass is 504 g/mol. The van der Waals surface area contributed by atoms with E-state index in [0.717, 1.165) is 32.1 Å². The quantitative estimate of drug-likeness (QED) is 0.255. The number of nitrogens with two attached hydrogens (primary N) is 2. The summed E-state index contributed by atoms with van der Waals surface area (Å²) in [6.45, 7) is 12.4. The van der Waals surface area contributed by atoms with Crippen LogP contribution in [0.25, 0.3) is 0 Å². The summed E-state index contributed by atoms with van der Waals surface area (Å²) < 4.78 is 27.7. The molecule has 35 heavy (non-hydrogen) atoms. The molecular weight excluding hydrogens is 452 g/mol. The zero-order valence-corrected chi connectivity index (χ0v) is 22.8. The Morgan fingerprint density at radius 3 is 2.09 bits per heavy atom. The van der Waals surface area contributed by atoms with Gasteiger partial charge in [-0.3, -0.25) is 4.79 Å². The molecule has 2 heterocycles. The number of carbonyl (C=O) groups is 1. The summed E-state index contributed by atoms with van der Waals surface area (Å²) in [5.41, 5.74) is 10.8. The molecule has 0 aromatic heterocycles. The summed E-state index contributed by atoms with van der Waals surface area (Å²) in [5.74, 6) is -0.466. The fraction of sp³-hybridized carbons (Fsp3) is 0.962. The van der Waals surface area contributed by atoms with Gasteiger partial charge in [0.05, 0.1) is 57.1 Å². The van der Waals surface area contributed by atoms with Gasteiger partial charge in [-0.15, -0.1) is 0 Å². The molecule has 5 N–H and O–H groups in total. The molecular formula is C26H52N2O7. The van der Waals surface area contributed by atoms with Gasteiger partial charge in [-0.05, 0) is 32.6 Å². The number of aliphatic hydroxyl groups excluding tert-OH is 1. The molecule has 1 unspecified atom stereocenters. The number of unbranched alkanes of at least 4 members (excludes halogenated alkanes) is 2. The Kier molecular flexibility index (Phi) is 14.8. The van der Waals surface area contributed by atoms with Gasteiger partial charge < -0.3 is 40.3 Å². The van der Waals surface area contributed by atoms with Gasteiger partial charge >= 0.3 is 5.97 Å². The maximum absolute atomic E-state index is 11.5. The zero-order chi connectivity index (χ0) is 26.4. The van der Waals surface area contributed by atoms with Crippen molar-refractivity contribution in [2.75, 3.05) is 39.6 Å². The maximum Gasteiger partial charge on any atom is 0.305 e. The van der Waals surface area contributed by atoms with E-state index >= 15 is 0 Å². The van der Waals surface area contributed by atoms with Crippen LogP contribution in [-0.2, 0) is 28.5 Å². The lowest BCUT2D eigenvalue weighted by Gasteiger charge is -2.42. The summed E-state index contributed by atoms with van der Waals surface area (Å²) in [5, 5.41) is 9.09. The SMILES string of the molecule is CCCCC(CC)C1OCC(N)(CO)CO1.CCCCOC(=O)CCC1(C)OCC(N)(CC)CO1. The Hall–Kier alpha value is -0.810. The summed E-state index contributed by atoms with van der Waals surface area (Å²) in [4.78, 5) is 11.5. The highest BCUT2D eigenvalue weighted by atomic mass is 16.7. The van der Waals surface area contributed by atoms with Crippen LogP contribution >= 0.6 is 0 Å². The van der Waals surface area contributed by atoms with Crippen molar-refractivity contribution >= 4 is 5.97 Å². The molecule has 0 radical (unpaired) electrons. The highest BCUT2D eigenvalue weighted by Crippen LogP contribution is 2.28. The summed E-state index contributed by atoms with van der Waals surface area (Å²) in [7, 11) is 0. The van der Waals surface area contributed by atoms with Crippen LogP contribution in [0.15, 0.2) is 0 Å². The number of esters is 1. The van der Waals surface area contributed by atoms with Crippen molar-refractivity contribution in [3.63, 3.8) is 0 Å². The molecule has 0 bridgehead atoms. The lowest BCUT2D eigenvalue weighted by atomic mass is 9.97. The number of aliphatic hydroxyl groups is 1. The second kappa shape index (κ2) is 16.1. The molecule has 0 amide bonds. The molecule has 208 valence electrons. The highest BCUT2D eigenvalue weighted by Gasteiger charge is 2.39. The summed E-state index contributed by atoms with van der Waals surface area (Å²) >= 11 is 0. The van der Waals surface area contributed by atoms with Gasteiger partial charge in [0.15, 0.2) is 12.1 Å². The van der Waals surface area contributed by atoms with Crippen LogP contribution in [0.1, 0.15) is 92.4 Å². The third-order valence-corrected chi connectivity index (χ3v) is 6.80. The van der Waals surface area contributed by atoms with Crippen LogP contribution in [0.5, 0.6) is 0 Å². The fourth-order valence-electron chi connectivity index (χ4n) is 3.70. The first-order valence-corrected chi connectivity index (χ1v) is 13.4. The van der Waals surface area contributed by atoms with Crippen molar-refractivity contribution in [2.24, 2.45) is 17.4 Å². The molecule has 9 nitrogen and oxygen atoms in total. The topological polar surface area (TPSA) is 135 Å². The van der Waals surface area contributed by atoms with Crippen LogP contribution in [0.3, 0.4) is 0 Å². The smallest absolute Gasteiger partial charge is 0.305 e. The third-order valence-electron chi connectivity index (χ3n) is 6.80. The maximum atomic E-state index is 11.5. The Balaban J connectivity index is 0.000000355. The lowest BCUT2D eigenvalue weighted by molar-refractivity contribution is -0.280. The average molecular weight is 505 g/mol. The van der Waals surface area contributed by atoms with Gasteiger partial charge in [-0.2, -0.15) is 0 Å². The second-order valence-electron chi connectivity index (χ2n) is 10.3. The minimum Gasteiger partial charge on any atom is -0.466 e. The molecule has 0 aromatic rings. The zero-order valence-electron chi connectivity index (χ0n) is 22.8. The first kappa shape index (κ1) is 32.2. The summed E-state index contributed by atoms with van der Waals surface area (Å²) in [6, 6.07) is 0. The Bertz CT molecular complexity index is 574. The van der Waals surface area contributed by atoms with Gasteiger partial charge in [0.1, 0.15) is 0 Å². The number of ether oxygens (including phenoxy) is 5. The summed E-state index contributed by atoms with van der Waals surface area (Å²) in [6.07, 6.45) is 7.99. The van der Waals surface area contributed by atoms with E-state index in [9.17, 15) is 4.79 Å². The number of hydrogen-bond donors (Lipinski definition) is 3. The van der Waals surface area contributed by atoms with Crippen LogP contribution in [0.4, 0.5) is 0 Å². The number of rotatable bonds is 13. The molecule has 0 saturated carbocycles. The van der Waals surface area contributed by atoms with Gasteiger partial charge in [0.2, 0.25) is 0 Å². The van der Waals surface area contributed by atoms with E-state index < -0.39 is 16.9 Å². The molecule has 0 aromatic carbocycles. The molecule has 0 aliphatic carbocycles. The van der Waals surface area contributed by atoms with Gasteiger partial charge in [-0.1, -0.05) is 47.0 Å². The minimum atomic E-state index is -0.720. The van der Waals surface area contributed by atoms with E-state index in [1.807, 2.05) is 13.8 Å². The van der Waals surface area contributed by atoms with E-state index in [1.165, 1.54) is 12.8 Å². The van der Waals surface area contributed by atoms with Crippen LogP contribution in [0, 0.1) is 5.92 Å². The predicted octanol–water partition coefficient (Wildman–Crippen LogP) is 3.25. The first-order valence-electron chi connectivity index (χ1n) is 13.4. The van der Waals surface area contributed by atoms with E-state index in [0.29, 0.717) is 51.8 Å². The van der Waals surface area contributed by atoms with Crippen molar-refractivity contribution in [1.82, 2.24) is 0 Å². The fourth-order valence-corrected chi connectivity index (χ4v) is 3.70. The molecule has 2 aliphatic rings. The average Bonchev–Trinajstić information content (AvgIpc) is 2.87. The molecule has 2 aliphatic heterocycles. The predicted molar refractivity (Wildman–Crippen MR) is 136 cm³/mol. The minimum absolute atomic E-state index is 0.0918. The molecule has 0 spiro atoms. The van der Waals surface area contributed by atoms with Gasteiger partial charge in [0.25, 0.3) is 0 Å². The van der Waals surface area contributed by atoms with E-state index in [1.54, 1.807) is 0 Å². The second-order valence-corrected chi connectivity index (χ2v) is 10.3. The van der Waals surface area contributed by atoms with Gasteiger partial charge in [0, 0.05) is 12.3 Å². The highest BCUT2D eigenvalue weighted by molar-refractivity contribution is 5.69.